The monoisotopic (exact) mass is 379 g/mol. The maximum absolute atomic E-state index is 12.2. The van der Waals surface area contributed by atoms with Gasteiger partial charge in [0.2, 0.25) is 0 Å². The van der Waals surface area contributed by atoms with Crippen LogP contribution in [0.2, 0.25) is 10.0 Å². The SMILES string of the molecule is CSc1ccc(C(=O)Nc2nnc(-c3cc(Cl)ccc3Cl)o2)cc1. The molecule has 0 aliphatic heterocycles. The van der Waals surface area contributed by atoms with Gasteiger partial charge in [-0.25, -0.2) is 0 Å². The molecule has 0 aliphatic carbocycles. The molecule has 1 heterocycles. The van der Waals surface area contributed by atoms with Gasteiger partial charge in [0.1, 0.15) is 0 Å². The summed E-state index contributed by atoms with van der Waals surface area (Å²) in [5.41, 5.74) is 0.995. The number of nitrogens with zero attached hydrogens (tertiary/aromatic N) is 2. The lowest BCUT2D eigenvalue weighted by Crippen LogP contribution is -2.11. The van der Waals surface area contributed by atoms with E-state index in [9.17, 15) is 4.79 Å². The molecule has 0 aliphatic rings. The number of carbonyl (C=O) groups is 1. The molecule has 3 rings (SSSR count). The maximum Gasteiger partial charge on any atom is 0.322 e. The Kier molecular flexibility index (Phi) is 5.08. The third-order valence-electron chi connectivity index (χ3n) is 3.16. The van der Waals surface area contributed by atoms with Gasteiger partial charge in [-0.3, -0.25) is 10.1 Å². The molecule has 0 saturated heterocycles. The number of nitrogens with one attached hydrogen (secondary N) is 1. The summed E-state index contributed by atoms with van der Waals surface area (Å²) in [6, 6.07) is 12.1. The van der Waals surface area contributed by atoms with Gasteiger partial charge in [0.25, 0.3) is 11.8 Å². The zero-order valence-electron chi connectivity index (χ0n) is 12.4. The number of hydrogen-bond acceptors (Lipinski definition) is 5. The van der Waals surface area contributed by atoms with Crippen molar-refractivity contribution in [2.75, 3.05) is 11.6 Å². The van der Waals surface area contributed by atoms with Crippen LogP contribution in [0.15, 0.2) is 51.8 Å². The topological polar surface area (TPSA) is 68.0 Å². The van der Waals surface area contributed by atoms with Crippen LogP contribution in [-0.2, 0) is 0 Å². The van der Waals surface area contributed by atoms with Crippen LogP contribution in [0.3, 0.4) is 0 Å². The lowest BCUT2D eigenvalue weighted by atomic mass is 10.2. The van der Waals surface area contributed by atoms with Gasteiger partial charge in [-0.05, 0) is 48.7 Å². The van der Waals surface area contributed by atoms with Gasteiger partial charge in [-0.1, -0.05) is 28.3 Å². The van der Waals surface area contributed by atoms with E-state index >= 15 is 0 Å². The van der Waals surface area contributed by atoms with Crippen molar-refractivity contribution in [2.45, 2.75) is 4.90 Å². The Bertz CT molecular complexity index is 881. The molecule has 1 amide bonds. The average molecular weight is 380 g/mol. The summed E-state index contributed by atoms with van der Waals surface area (Å²) < 4.78 is 5.44. The summed E-state index contributed by atoms with van der Waals surface area (Å²) >= 11 is 13.6. The minimum atomic E-state index is -0.338. The van der Waals surface area contributed by atoms with Crippen LogP contribution in [0, 0.1) is 0 Å². The molecule has 122 valence electrons. The van der Waals surface area contributed by atoms with Crippen LogP contribution < -0.4 is 5.32 Å². The molecular weight excluding hydrogens is 369 g/mol. The molecule has 0 saturated carbocycles. The lowest BCUT2D eigenvalue weighted by molar-refractivity contribution is 0.102. The predicted molar refractivity (Wildman–Crippen MR) is 95.9 cm³/mol. The number of anilines is 1. The molecule has 0 fully saturated rings. The first-order chi connectivity index (χ1) is 11.6. The van der Waals surface area contributed by atoms with Crippen LogP contribution >= 0.6 is 35.0 Å². The summed E-state index contributed by atoms with van der Waals surface area (Å²) in [5.74, 6) is -0.162. The van der Waals surface area contributed by atoms with Crippen LogP contribution in [0.25, 0.3) is 11.5 Å². The first kappa shape index (κ1) is 16.8. The zero-order chi connectivity index (χ0) is 17.1. The predicted octanol–water partition coefficient (Wildman–Crippen LogP) is 5.02. The number of carbonyl (C=O) groups excluding carboxylic acids is 1. The summed E-state index contributed by atoms with van der Waals surface area (Å²) in [6.45, 7) is 0. The Morgan fingerprint density at radius 2 is 1.88 bits per heavy atom. The van der Waals surface area contributed by atoms with Crippen LogP contribution in [0.5, 0.6) is 0 Å². The fourth-order valence-corrected chi connectivity index (χ4v) is 2.73. The highest BCUT2D eigenvalue weighted by atomic mass is 35.5. The van der Waals surface area contributed by atoms with E-state index in [2.05, 4.69) is 15.5 Å². The zero-order valence-corrected chi connectivity index (χ0v) is 14.7. The van der Waals surface area contributed by atoms with Gasteiger partial charge in [-0.15, -0.1) is 16.9 Å². The molecule has 0 spiro atoms. The van der Waals surface area contributed by atoms with E-state index in [1.807, 2.05) is 18.4 Å². The Labute approximate surface area is 152 Å². The van der Waals surface area contributed by atoms with E-state index in [0.717, 1.165) is 4.90 Å². The molecule has 2 aromatic carbocycles. The fraction of sp³-hybridized carbons (Fsp3) is 0.0625. The van der Waals surface area contributed by atoms with Crippen molar-refractivity contribution in [2.24, 2.45) is 0 Å². The van der Waals surface area contributed by atoms with Gasteiger partial charge in [0.15, 0.2) is 0 Å². The molecule has 1 N–H and O–H groups in total. The highest BCUT2D eigenvalue weighted by Gasteiger charge is 2.15. The number of amides is 1. The molecule has 0 radical (unpaired) electrons. The highest BCUT2D eigenvalue weighted by Crippen LogP contribution is 2.30. The Morgan fingerprint density at radius 1 is 1.12 bits per heavy atom. The third-order valence-corrected chi connectivity index (χ3v) is 4.46. The van der Waals surface area contributed by atoms with E-state index < -0.39 is 0 Å². The van der Waals surface area contributed by atoms with Gasteiger partial charge in [0.05, 0.1) is 10.6 Å². The van der Waals surface area contributed by atoms with Gasteiger partial charge in [-0.2, -0.15) is 0 Å². The van der Waals surface area contributed by atoms with E-state index in [4.69, 9.17) is 27.6 Å². The largest absolute Gasteiger partial charge is 0.403 e. The standard InChI is InChI=1S/C16H11Cl2N3O2S/c1-24-11-5-2-9(3-6-11)14(22)19-16-21-20-15(23-16)12-8-10(17)4-7-13(12)18/h2-8H,1H3,(H,19,21,22). The first-order valence-electron chi connectivity index (χ1n) is 6.81. The van der Waals surface area contributed by atoms with Crippen molar-refractivity contribution >= 4 is 46.9 Å². The van der Waals surface area contributed by atoms with Crippen molar-refractivity contribution in [3.05, 3.63) is 58.1 Å². The van der Waals surface area contributed by atoms with Crippen molar-refractivity contribution in [3.8, 4) is 11.5 Å². The Morgan fingerprint density at radius 3 is 2.58 bits per heavy atom. The van der Waals surface area contributed by atoms with Crippen LogP contribution in [-0.4, -0.2) is 22.4 Å². The molecule has 0 atom stereocenters. The average Bonchev–Trinajstić information content (AvgIpc) is 3.05. The van der Waals surface area contributed by atoms with E-state index in [0.29, 0.717) is 21.2 Å². The van der Waals surface area contributed by atoms with Crippen molar-refractivity contribution in [1.82, 2.24) is 10.2 Å². The molecule has 3 aromatic rings. The highest BCUT2D eigenvalue weighted by molar-refractivity contribution is 7.98. The maximum atomic E-state index is 12.2. The van der Waals surface area contributed by atoms with Crippen LogP contribution in [0.4, 0.5) is 6.01 Å². The normalized spacial score (nSPS) is 10.6. The lowest BCUT2D eigenvalue weighted by Gasteiger charge is -2.02. The quantitative estimate of drug-likeness (QED) is 0.644. The number of halogens is 2. The molecule has 0 unspecified atom stereocenters. The summed E-state index contributed by atoms with van der Waals surface area (Å²) in [5, 5.41) is 11.2. The molecule has 1 aromatic heterocycles. The molecule has 8 heteroatoms. The summed E-state index contributed by atoms with van der Waals surface area (Å²) in [7, 11) is 0. The van der Waals surface area contributed by atoms with Crippen LogP contribution in [0.1, 0.15) is 10.4 Å². The first-order valence-corrected chi connectivity index (χ1v) is 8.79. The minimum absolute atomic E-state index is 0.0139. The van der Waals surface area contributed by atoms with Gasteiger partial charge >= 0.3 is 6.01 Å². The van der Waals surface area contributed by atoms with Crippen molar-refractivity contribution in [3.63, 3.8) is 0 Å². The number of thioether (sulfide) groups is 1. The van der Waals surface area contributed by atoms with Crippen molar-refractivity contribution in [1.29, 1.82) is 0 Å². The van der Waals surface area contributed by atoms with E-state index in [-0.39, 0.29) is 17.8 Å². The second-order valence-corrected chi connectivity index (χ2v) is 6.44. The van der Waals surface area contributed by atoms with E-state index in [1.54, 1.807) is 42.1 Å². The Hall–Kier alpha value is -2.02. The van der Waals surface area contributed by atoms with Gasteiger partial charge < -0.3 is 4.42 Å². The second kappa shape index (κ2) is 7.25. The molecule has 5 nitrogen and oxygen atoms in total. The van der Waals surface area contributed by atoms with Crippen molar-refractivity contribution < 1.29 is 9.21 Å². The molecular formula is C16H11Cl2N3O2S. The smallest absolute Gasteiger partial charge is 0.322 e. The summed E-state index contributed by atoms with van der Waals surface area (Å²) in [4.78, 5) is 13.3. The number of aromatic nitrogens is 2. The molecule has 0 bridgehead atoms. The Balaban J connectivity index is 1.78. The number of benzene rings is 2. The van der Waals surface area contributed by atoms with E-state index in [1.165, 1.54) is 0 Å². The third kappa shape index (κ3) is 3.72. The second-order valence-electron chi connectivity index (χ2n) is 4.72. The molecule has 24 heavy (non-hydrogen) atoms. The summed E-state index contributed by atoms with van der Waals surface area (Å²) in [6.07, 6.45) is 1.97. The van der Waals surface area contributed by atoms with Gasteiger partial charge in [0, 0.05) is 15.5 Å². The fourth-order valence-electron chi connectivity index (χ4n) is 1.96. The minimum Gasteiger partial charge on any atom is -0.403 e. The number of hydrogen-bond donors (Lipinski definition) is 1. The number of rotatable bonds is 4.